The summed E-state index contributed by atoms with van der Waals surface area (Å²) in [6.07, 6.45) is 72.3. The van der Waals surface area contributed by atoms with Gasteiger partial charge in [0.1, 0.15) is 19.3 Å². The molecule has 0 radical (unpaired) electrons. The summed E-state index contributed by atoms with van der Waals surface area (Å²) in [5.41, 5.74) is 0. The number of hydrogen-bond donors (Lipinski definition) is 1. The third kappa shape index (κ3) is 55.5. The van der Waals surface area contributed by atoms with Gasteiger partial charge in [0, 0.05) is 12.8 Å². The summed E-state index contributed by atoms with van der Waals surface area (Å²) in [7, 11) is 1.15. The molecule has 10 heteroatoms. The molecule has 0 saturated carbocycles. The molecule has 0 aliphatic rings. The number of carbonyl (C=O) groups excluding carboxylic acids is 2. The highest BCUT2D eigenvalue weighted by molar-refractivity contribution is 7.45. The van der Waals surface area contributed by atoms with Crippen molar-refractivity contribution in [2.75, 3.05) is 40.9 Å². The van der Waals surface area contributed by atoms with E-state index in [0.29, 0.717) is 23.9 Å². The number of quaternary nitrogens is 1. The lowest BCUT2D eigenvalue weighted by molar-refractivity contribution is -0.870. The Morgan fingerprint density at radius 1 is 0.480 bits per heavy atom. The van der Waals surface area contributed by atoms with Crippen LogP contribution in [-0.4, -0.2) is 69.4 Å². The number of nitrogens with one attached hydrogen (secondary N) is 1. The molecule has 9 nitrogen and oxygen atoms in total. The van der Waals surface area contributed by atoms with Gasteiger partial charge in [-0.25, -0.2) is 0 Å². The van der Waals surface area contributed by atoms with Crippen LogP contribution >= 0.6 is 7.82 Å². The number of likely N-dealkylation sites (N-methyl/N-ethyl adjacent to an activating group) is 1. The Labute approximate surface area is 462 Å². The maximum Gasteiger partial charge on any atom is 0.306 e. The van der Waals surface area contributed by atoms with E-state index in [1.165, 1.54) is 96.3 Å². The van der Waals surface area contributed by atoms with Crippen LogP contribution in [0.4, 0.5) is 0 Å². The third-order valence-corrected chi connectivity index (χ3v) is 14.0. The monoisotopic (exact) mass is 1070 g/mol. The van der Waals surface area contributed by atoms with Gasteiger partial charge >= 0.3 is 5.97 Å². The first-order valence-electron chi connectivity index (χ1n) is 30.5. The Balaban J connectivity index is 5.32. The highest BCUT2D eigenvalue weighted by Gasteiger charge is 2.27. The maximum atomic E-state index is 13.5. The minimum absolute atomic E-state index is 0.0342. The van der Waals surface area contributed by atoms with Crippen molar-refractivity contribution < 1.29 is 37.3 Å². The number of phosphoric ester groups is 1. The fourth-order valence-electron chi connectivity index (χ4n) is 8.28. The van der Waals surface area contributed by atoms with Gasteiger partial charge in [0.05, 0.1) is 33.8 Å². The molecule has 0 heterocycles. The third-order valence-electron chi connectivity index (χ3n) is 13.0. The predicted octanol–water partition coefficient (Wildman–Crippen LogP) is 18.1. The van der Waals surface area contributed by atoms with Crippen molar-refractivity contribution in [2.45, 2.75) is 264 Å². The first-order chi connectivity index (χ1) is 36.4. The molecule has 1 amide bonds. The van der Waals surface area contributed by atoms with E-state index in [9.17, 15) is 19.0 Å². The number of nitrogens with zero attached hydrogens (tertiary/aromatic N) is 1. The van der Waals surface area contributed by atoms with Crippen LogP contribution < -0.4 is 10.2 Å². The Morgan fingerprint density at radius 3 is 1.31 bits per heavy atom. The van der Waals surface area contributed by atoms with Crippen LogP contribution in [0.25, 0.3) is 0 Å². The summed E-state index contributed by atoms with van der Waals surface area (Å²) < 4.78 is 30.2. The topological polar surface area (TPSA) is 114 Å². The van der Waals surface area contributed by atoms with Crippen molar-refractivity contribution in [3.63, 3.8) is 0 Å². The second-order valence-corrected chi connectivity index (χ2v) is 22.9. The molecule has 0 aromatic rings. The highest BCUT2D eigenvalue weighted by Crippen LogP contribution is 2.38. The molecule has 0 fully saturated rings. The van der Waals surface area contributed by atoms with Crippen molar-refractivity contribution in [1.82, 2.24) is 5.32 Å². The standard InChI is InChI=1S/C65H115N2O7P/c1-7-10-13-16-19-22-25-28-30-31-32-33-34-35-36-37-38-39-42-45-48-51-54-57-64(68)66-62(61-73-75(70,71)72-60-59-67(4,5)6)63(56-53-50-47-44-41-27-24-21-18-15-12-9-3)74-65(69)58-55-52-49-46-43-40-29-26-23-20-17-14-11-8-2/h10,13,19,22,28,30,32-33,35-36,38-40,43,53,56,62-63H,7-9,11-12,14-18,20-21,23-27,29,31,34,37,41-42,44-52,54-55,57-61H2,1-6H3,(H-,66,68,70,71)/b13-10-,22-19-,30-28-,33-32-,36-35-,39-38-,43-40-,56-53-. The summed E-state index contributed by atoms with van der Waals surface area (Å²) >= 11 is 0. The molecular weight excluding hydrogens is 952 g/mol. The Morgan fingerprint density at radius 2 is 0.853 bits per heavy atom. The number of allylic oxidation sites excluding steroid dienone is 15. The predicted molar refractivity (Wildman–Crippen MR) is 321 cm³/mol. The van der Waals surface area contributed by atoms with E-state index in [0.717, 1.165) is 109 Å². The summed E-state index contributed by atoms with van der Waals surface area (Å²) in [6, 6.07) is -0.913. The lowest BCUT2D eigenvalue weighted by Gasteiger charge is -2.30. The molecule has 0 spiro atoms. The quantitative estimate of drug-likeness (QED) is 0.0212. The zero-order chi connectivity index (χ0) is 55.0. The average Bonchev–Trinajstić information content (AvgIpc) is 3.37. The van der Waals surface area contributed by atoms with E-state index in [-0.39, 0.29) is 31.3 Å². The van der Waals surface area contributed by atoms with Crippen molar-refractivity contribution in [1.29, 1.82) is 0 Å². The summed E-state index contributed by atoms with van der Waals surface area (Å²) in [5, 5.41) is 3.01. The maximum absolute atomic E-state index is 13.5. The number of esters is 1. The number of carbonyl (C=O) groups is 2. The first-order valence-corrected chi connectivity index (χ1v) is 32.0. The molecule has 1 N–H and O–H groups in total. The van der Waals surface area contributed by atoms with Crippen LogP contribution in [-0.2, 0) is 27.9 Å². The minimum Gasteiger partial charge on any atom is -0.756 e. The molecule has 3 atom stereocenters. The number of unbranched alkanes of at least 4 members (excludes halogenated alkanes) is 24. The molecule has 75 heavy (non-hydrogen) atoms. The number of amides is 1. The molecule has 0 aromatic carbocycles. The van der Waals surface area contributed by atoms with Crippen molar-refractivity contribution in [2.24, 2.45) is 0 Å². The Hall–Kier alpha value is -3.07. The number of rotatable bonds is 54. The second-order valence-electron chi connectivity index (χ2n) is 21.5. The van der Waals surface area contributed by atoms with E-state index in [1.54, 1.807) is 0 Å². The molecule has 0 saturated heterocycles. The van der Waals surface area contributed by atoms with Gasteiger partial charge in [-0.2, -0.15) is 0 Å². The smallest absolute Gasteiger partial charge is 0.306 e. The van der Waals surface area contributed by atoms with Crippen molar-refractivity contribution >= 4 is 19.7 Å². The van der Waals surface area contributed by atoms with Crippen molar-refractivity contribution in [3.8, 4) is 0 Å². The van der Waals surface area contributed by atoms with Crippen LogP contribution in [0.2, 0.25) is 0 Å². The van der Waals surface area contributed by atoms with Crippen LogP contribution in [0.3, 0.4) is 0 Å². The van der Waals surface area contributed by atoms with Gasteiger partial charge in [0.15, 0.2) is 0 Å². The molecule has 432 valence electrons. The van der Waals surface area contributed by atoms with Crippen LogP contribution in [0.5, 0.6) is 0 Å². The normalized spacial score (nSPS) is 14.4. The van der Waals surface area contributed by atoms with Gasteiger partial charge in [-0.3, -0.25) is 14.2 Å². The molecule has 0 aliphatic heterocycles. The zero-order valence-electron chi connectivity index (χ0n) is 49.2. The van der Waals surface area contributed by atoms with E-state index in [2.05, 4.69) is 111 Å². The van der Waals surface area contributed by atoms with E-state index in [4.69, 9.17) is 13.8 Å². The Kier molecular flexibility index (Phi) is 52.1. The highest BCUT2D eigenvalue weighted by atomic mass is 31.2. The minimum atomic E-state index is -4.71. The van der Waals surface area contributed by atoms with Crippen molar-refractivity contribution in [3.05, 3.63) is 97.2 Å². The fourth-order valence-corrected chi connectivity index (χ4v) is 9.01. The largest absolute Gasteiger partial charge is 0.756 e. The number of phosphoric acid groups is 1. The van der Waals surface area contributed by atoms with E-state index < -0.39 is 26.6 Å². The summed E-state index contributed by atoms with van der Waals surface area (Å²) in [5.74, 6) is -0.592. The fraction of sp³-hybridized carbons (Fsp3) is 0.723. The Bertz CT molecular complexity index is 1610. The van der Waals surface area contributed by atoms with Crippen LogP contribution in [0.1, 0.15) is 252 Å². The zero-order valence-corrected chi connectivity index (χ0v) is 50.1. The van der Waals surface area contributed by atoms with Gasteiger partial charge < -0.3 is 28.5 Å². The lowest BCUT2D eigenvalue weighted by Crippen LogP contribution is -2.47. The van der Waals surface area contributed by atoms with Gasteiger partial charge in [0.2, 0.25) is 5.91 Å². The van der Waals surface area contributed by atoms with Crippen LogP contribution in [0.15, 0.2) is 97.2 Å². The molecule has 3 unspecified atom stereocenters. The van der Waals surface area contributed by atoms with E-state index in [1.807, 2.05) is 33.3 Å². The molecule has 0 aromatic heterocycles. The van der Waals surface area contributed by atoms with Gasteiger partial charge in [-0.1, -0.05) is 227 Å². The van der Waals surface area contributed by atoms with Crippen LogP contribution in [0, 0.1) is 0 Å². The van der Waals surface area contributed by atoms with E-state index >= 15 is 0 Å². The SMILES string of the molecule is CC/C=C\C/C=C\C/C=C\C/C=C\C/C=C\C/C=C\CCCCCCC(=O)NC(COP(=O)([O-])OCC[N+](C)(C)C)C(/C=C\CCCCCCCCCCCC)OC(=O)CCCCC/C=C\CCCCCCCCC. The number of ether oxygens (including phenoxy) is 1. The molecule has 0 aliphatic carbocycles. The van der Waals surface area contributed by atoms with Gasteiger partial charge in [-0.15, -0.1) is 0 Å². The lowest BCUT2D eigenvalue weighted by atomic mass is 10.0. The number of hydrogen-bond acceptors (Lipinski definition) is 7. The average molecular weight is 1070 g/mol. The molecular formula is C65H115N2O7P. The summed E-state index contributed by atoms with van der Waals surface area (Å²) in [4.78, 5) is 39.9. The molecule has 0 rings (SSSR count). The first kappa shape index (κ1) is 71.9. The summed E-state index contributed by atoms with van der Waals surface area (Å²) in [6.45, 7) is 6.68. The van der Waals surface area contributed by atoms with Gasteiger partial charge in [-0.05, 0) is 109 Å². The second kappa shape index (κ2) is 54.3. The molecule has 0 bridgehead atoms. The van der Waals surface area contributed by atoms with Gasteiger partial charge in [0.25, 0.3) is 7.82 Å².